The number of Topliss-reactive ketones (excluding diaryl/α,β-unsaturated/α-hetero) is 1. The molecule has 0 aromatic carbocycles. The van der Waals surface area contributed by atoms with Gasteiger partial charge in [0.05, 0.1) is 23.9 Å². The number of hydrogen-bond donors (Lipinski definition) is 0. The molecule has 0 N–H and O–H groups in total. The molecular weight excluding hydrogens is 474 g/mol. The Labute approximate surface area is 228 Å². The SMILES string of the molecule is CC1CC(CC(=O)c2ccsc2)CCCC(CC2C=C(C#N)C3=C(COC(C)(C)C3)C(C(C)C)=CC2)C1. The van der Waals surface area contributed by atoms with Crippen molar-refractivity contribution in [2.75, 3.05) is 6.61 Å². The minimum absolute atomic E-state index is 0.234. The topological polar surface area (TPSA) is 50.1 Å². The van der Waals surface area contributed by atoms with Crippen LogP contribution < -0.4 is 0 Å². The zero-order valence-electron chi connectivity index (χ0n) is 23.5. The van der Waals surface area contributed by atoms with Crippen molar-refractivity contribution in [2.45, 2.75) is 98.0 Å². The number of allylic oxidation sites excluding steroid dienone is 3. The highest BCUT2D eigenvalue weighted by Crippen LogP contribution is 2.42. The number of nitriles is 1. The van der Waals surface area contributed by atoms with Crippen LogP contribution in [0.4, 0.5) is 0 Å². The maximum absolute atomic E-state index is 12.7. The molecule has 0 spiro atoms. The molecule has 1 aromatic heterocycles. The molecule has 200 valence electrons. The first-order valence-electron chi connectivity index (χ1n) is 14.4. The van der Waals surface area contributed by atoms with Gasteiger partial charge in [0.25, 0.3) is 0 Å². The van der Waals surface area contributed by atoms with Crippen molar-refractivity contribution in [3.8, 4) is 6.07 Å². The number of nitrogens with zero attached hydrogens (tertiary/aromatic N) is 1. The molecular formula is C33H45NO2S. The molecule has 1 aromatic rings. The van der Waals surface area contributed by atoms with Gasteiger partial charge in [-0.05, 0) is 104 Å². The quantitative estimate of drug-likeness (QED) is 0.352. The van der Waals surface area contributed by atoms with Gasteiger partial charge in [-0.15, -0.1) is 0 Å². The number of rotatable bonds is 6. The van der Waals surface area contributed by atoms with Crippen molar-refractivity contribution in [2.24, 2.45) is 29.6 Å². The summed E-state index contributed by atoms with van der Waals surface area (Å²) in [5.41, 5.74) is 5.38. The van der Waals surface area contributed by atoms with Crippen molar-refractivity contribution in [1.82, 2.24) is 0 Å². The minimum Gasteiger partial charge on any atom is -0.371 e. The number of ketones is 1. The van der Waals surface area contributed by atoms with Crippen molar-refractivity contribution in [1.29, 1.82) is 5.26 Å². The van der Waals surface area contributed by atoms with Crippen LogP contribution in [0.25, 0.3) is 0 Å². The smallest absolute Gasteiger partial charge is 0.163 e. The van der Waals surface area contributed by atoms with Gasteiger partial charge in [0, 0.05) is 23.8 Å². The third-order valence-corrected chi connectivity index (χ3v) is 9.37. The average Bonchev–Trinajstić information content (AvgIpc) is 3.35. The summed E-state index contributed by atoms with van der Waals surface area (Å²) >= 11 is 1.61. The number of hydrogen-bond acceptors (Lipinski definition) is 4. The summed E-state index contributed by atoms with van der Waals surface area (Å²) in [5.74, 6) is 2.95. The van der Waals surface area contributed by atoms with E-state index in [0.29, 0.717) is 48.4 Å². The van der Waals surface area contributed by atoms with Gasteiger partial charge in [-0.2, -0.15) is 16.6 Å². The van der Waals surface area contributed by atoms with Gasteiger partial charge in [0.2, 0.25) is 0 Å². The highest BCUT2D eigenvalue weighted by atomic mass is 32.1. The fraction of sp³-hybridized carbons (Fsp3) is 0.636. The first-order chi connectivity index (χ1) is 17.6. The molecule has 1 fully saturated rings. The van der Waals surface area contributed by atoms with E-state index in [9.17, 15) is 10.1 Å². The van der Waals surface area contributed by atoms with Gasteiger partial charge in [0.1, 0.15) is 0 Å². The van der Waals surface area contributed by atoms with E-state index in [-0.39, 0.29) is 5.60 Å². The van der Waals surface area contributed by atoms with Crippen LogP contribution in [0.1, 0.15) is 103 Å². The Morgan fingerprint density at radius 3 is 2.68 bits per heavy atom. The van der Waals surface area contributed by atoms with Crippen LogP contribution in [0.15, 0.2) is 51.3 Å². The summed E-state index contributed by atoms with van der Waals surface area (Å²) in [4.78, 5) is 12.7. The summed E-state index contributed by atoms with van der Waals surface area (Å²) in [6.07, 6.45) is 14.4. The Morgan fingerprint density at radius 1 is 1.22 bits per heavy atom. The van der Waals surface area contributed by atoms with Crippen molar-refractivity contribution >= 4 is 17.1 Å². The normalized spacial score (nSPS) is 28.7. The Balaban J connectivity index is 1.46. The zero-order valence-corrected chi connectivity index (χ0v) is 24.3. The molecule has 0 saturated heterocycles. The van der Waals surface area contributed by atoms with Crippen molar-refractivity contribution in [3.05, 3.63) is 56.8 Å². The van der Waals surface area contributed by atoms with Crippen LogP contribution in [0, 0.1) is 40.9 Å². The molecule has 3 aliphatic rings. The van der Waals surface area contributed by atoms with Crippen LogP contribution in [0.5, 0.6) is 0 Å². The molecule has 0 amide bonds. The van der Waals surface area contributed by atoms with E-state index in [1.807, 2.05) is 16.8 Å². The molecule has 0 radical (unpaired) electrons. The fourth-order valence-electron chi connectivity index (χ4n) is 6.91. The Morgan fingerprint density at radius 2 is 1.97 bits per heavy atom. The Bertz CT molecular complexity index is 1080. The summed E-state index contributed by atoms with van der Waals surface area (Å²) in [7, 11) is 0. The van der Waals surface area contributed by atoms with Crippen molar-refractivity contribution < 1.29 is 9.53 Å². The van der Waals surface area contributed by atoms with Crippen LogP contribution in [0.2, 0.25) is 0 Å². The lowest BCUT2D eigenvalue weighted by atomic mass is 9.74. The third-order valence-electron chi connectivity index (χ3n) is 8.68. The number of carbonyl (C=O) groups excluding carboxylic acids is 1. The largest absolute Gasteiger partial charge is 0.371 e. The van der Waals surface area contributed by atoms with Crippen LogP contribution in [-0.2, 0) is 4.74 Å². The Kier molecular flexibility index (Phi) is 9.30. The second-order valence-electron chi connectivity index (χ2n) is 12.8. The van der Waals surface area contributed by atoms with E-state index < -0.39 is 0 Å². The van der Waals surface area contributed by atoms with E-state index in [2.05, 4.69) is 52.8 Å². The monoisotopic (exact) mass is 519 g/mol. The first kappa shape index (κ1) is 28.1. The molecule has 2 heterocycles. The van der Waals surface area contributed by atoms with Gasteiger partial charge >= 0.3 is 0 Å². The predicted octanol–water partition coefficient (Wildman–Crippen LogP) is 9.09. The van der Waals surface area contributed by atoms with Gasteiger partial charge in [-0.3, -0.25) is 4.79 Å². The van der Waals surface area contributed by atoms with Crippen molar-refractivity contribution in [3.63, 3.8) is 0 Å². The molecule has 4 rings (SSSR count). The molecule has 4 atom stereocenters. The molecule has 2 aliphatic carbocycles. The molecule has 1 saturated carbocycles. The second kappa shape index (κ2) is 12.3. The third kappa shape index (κ3) is 7.33. The second-order valence-corrected chi connectivity index (χ2v) is 13.6. The van der Waals surface area contributed by atoms with E-state index >= 15 is 0 Å². The van der Waals surface area contributed by atoms with Gasteiger partial charge in [-0.1, -0.05) is 45.8 Å². The van der Waals surface area contributed by atoms with Gasteiger partial charge in [-0.25, -0.2) is 0 Å². The maximum Gasteiger partial charge on any atom is 0.163 e. The zero-order chi connectivity index (χ0) is 26.6. The molecule has 3 nitrogen and oxygen atoms in total. The first-order valence-corrected chi connectivity index (χ1v) is 15.3. The molecule has 4 unspecified atom stereocenters. The van der Waals surface area contributed by atoms with E-state index in [4.69, 9.17) is 4.74 Å². The minimum atomic E-state index is -0.234. The van der Waals surface area contributed by atoms with E-state index in [1.165, 1.54) is 36.0 Å². The van der Waals surface area contributed by atoms with Gasteiger partial charge < -0.3 is 4.74 Å². The Hall–Kier alpha value is -1.96. The fourth-order valence-corrected chi connectivity index (χ4v) is 7.57. The summed E-state index contributed by atoms with van der Waals surface area (Å²) < 4.78 is 6.19. The maximum atomic E-state index is 12.7. The lowest BCUT2D eigenvalue weighted by Crippen LogP contribution is -2.32. The highest BCUT2D eigenvalue weighted by molar-refractivity contribution is 7.08. The number of carbonyl (C=O) groups is 1. The predicted molar refractivity (Wildman–Crippen MR) is 154 cm³/mol. The highest BCUT2D eigenvalue weighted by Gasteiger charge is 2.33. The molecule has 4 heteroatoms. The standard InChI is InChI=1S/C33H45NO2S/c1-22(2)29-10-9-26(16-28(19-34)30-18-33(4,5)36-20-31(29)30)15-24-7-6-8-25(14-23(3)13-24)17-32(35)27-11-12-37-21-27/h10-12,16,21-26H,6-9,13-15,17-18,20H2,1-5H3. The van der Waals surface area contributed by atoms with E-state index in [1.54, 1.807) is 11.3 Å². The van der Waals surface area contributed by atoms with Crippen LogP contribution in [0.3, 0.4) is 0 Å². The summed E-state index contributed by atoms with van der Waals surface area (Å²) in [6, 6.07) is 4.56. The lowest BCUT2D eigenvalue weighted by molar-refractivity contribution is -0.0131. The lowest BCUT2D eigenvalue weighted by Gasteiger charge is -2.36. The number of thiophene rings is 1. The summed E-state index contributed by atoms with van der Waals surface area (Å²) in [5, 5.41) is 14.2. The van der Waals surface area contributed by atoms with Crippen LogP contribution >= 0.6 is 11.3 Å². The molecule has 0 bridgehead atoms. The summed E-state index contributed by atoms with van der Waals surface area (Å²) in [6.45, 7) is 11.8. The van der Waals surface area contributed by atoms with Crippen LogP contribution in [-0.4, -0.2) is 18.0 Å². The van der Waals surface area contributed by atoms with E-state index in [0.717, 1.165) is 43.2 Å². The van der Waals surface area contributed by atoms with Gasteiger partial charge in [0.15, 0.2) is 5.78 Å². The molecule has 37 heavy (non-hydrogen) atoms. The number of ether oxygens (including phenoxy) is 1. The average molecular weight is 520 g/mol. The molecule has 1 aliphatic heterocycles.